The van der Waals surface area contributed by atoms with Gasteiger partial charge in [0.25, 0.3) is 5.91 Å². The van der Waals surface area contributed by atoms with E-state index in [4.69, 9.17) is 0 Å². The molecule has 4 rings (SSSR count). The van der Waals surface area contributed by atoms with Gasteiger partial charge in [0, 0.05) is 30.3 Å². The van der Waals surface area contributed by atoms with Crippen molar-refractivity contribution in [3.63, 3.8) is 0 Å². The van der Waals surface area contributed by atoms with Gasteiger partial charge in [-0.1, -0.05) is 6.07 Å². The average molecular weight is 309 g/mol. The molecule has 0 aliphatic carbocycles. The van der Waals surface area contributed by atoms with Crippen LogP contribution < -0.4 is 0 Å². The van der Waals surface area contributed by atoms with Crippen molar-refractivity contribution >= 4 is 11.6 Å². The number of H-pyrrole nitrogens is 1. The lowest BCUT2D eigenvalue weighted by atomic mass is 10.2. The largest absolute Gasteiger partial charge is 0.344 e. The number of nitrogens with one attached hydrogen (secondary N) is 1. The van der Waals surface area contributed by atoms with Gasteiger partial charge in [-0.2, -0.15) is 0 Å². The fourth-order valence-corrected chi connectivity index (χ4v) is 3.29. The van der Waals surface area contributed by atoms with Crippen LogP contribution >= 0.6 is 0 Å². The molecule has 1 aliphatic rings. The zero-order chi connectivity index (χ0) is 16.0. The van der Waals surface area contributed by atoms with Crippen molar-refractivity contribution in [2.24, 2.45) is 0 Å². The van der Waals surface area contributed by atoms with Crippen molar-refractivity contribution in [3.8, 4) is 0 Å². The topological polar surface area (TPSA) is 66.3 Å². The first-order valence-electron chi connectivity index (χ1n) is 7.90. The van der Waals surface area contributed by atoms with Crippen LogP contribution in [-0.2, 0) is 0 Å². The second-order valence-corrected chi connectivity index (χ2v) is 6.13. The number of pyridine rings is 1. The van der Waals surface area contributed by atoms with Crippen LogP contribution in [-0.4, -0.2) is 36.7 Å². The van der Waals surface area contributed by atoms with Crippen LogP contribution in [0, 0.1) is 13.8 Å². The highest BCUT2D eigenvalue weighted by Crippen LogP contribution is 2.31. The van der Waals surface area contributed by atoms with Gasteiger partial charge >= 0.3 is 0 Å². The molecule has 0 spiro atoms. The summed E-state index contributed by atoms with van der Waals surface area (Å²) < 4.78 is 1.95. The summed E-state index contributed by atoms with van der Waals surface area (Å²) >= 11 is 0. The highest BCUT2D eigenvalue weighted by molar-refractivity contribution is 5.93. The Kier molecular flexibility index (Phi) is 3.18. The first kappa shape index (κ1) is 14.0. The van der Waals surface area contributed by atoms with E-state index < -0.39 is 0 Å². The van der Waals surface area contributed by atoms with Crippen LogP contribution in [0.1, 0.15) is 46.6 Å². The van der Waals surface area contributed by atoms with Crippen LogP contribution in [0.2, 0.25) is 0 Å². The average Bonchev–Trinajstić information content (AvgIpc) is 3.24. The van der Waals surface area contributed by atoms with Gasteiger partial charge in [0.15, 0.2) is 0 Å². The third-order valence-electron chi connectivity index (χ3n) is 4.47. The normalized spacial score (nSPS) is 18.0. The molecule has 6 heteroatoms. The van der Waals surface area contributed by atoms with Crippen LogP contribution in [0.25, 0.3) is 5.65 Å². The number of hydrogen-bond donors (Lipinski definition) is 1. The van der Waals surface area contributed by atoms with Crippen molar-refractivity contribution in [1.82, 2.24) is 24.3 Å². The van der Waals surface area contributed by atoms with Crippen molar-refractivity contribution in [2.45, 2.75) is 32.7 Å². The molecule has 1 aliphatic heterocycles. The SMILES string of the molecule is Cc1cnc(C2CCCN2C(=O)c2cn3c(C)cccc3n2)[nH]1. The van der Waals surface area contributed by atoms with E-state index in [1.54, 1.807) is 0 Å². The Morgan fingerprint density at radius 2 is 2.22 bits per heavy atom. The lowest BCUT2D eigenvalue weighted by molar-refractivity contribution is 0.0725. The maximum atomic E-state index is 12.9. The van der Waals surface area contributed by atoms with Crippen LogP contribution in [0.5, 0.6) is 0 Å². The van der Waals surface area contributed by atoms with E-state index in [0.29, 0.717) is 5.69 Å². The Bertz CT molecular complexity index is 878. The number of aryl methyl sites for hydroxylation is 2. The molecular weight excluding hydrogens is 290 g/mol. The summed E-state index contributed by atoms with van der Waals surface area (Å²) in [5.74, 6) is 0.845. The number of likely N-dealkylation sites (tertiary alicyclic amines) is 1. The summed E-state index contributed by atoms with van der Waals surface area (Å²) in [6, 6.07) is 5.90. The van der Waals surface area contributed by atoms with E-state index in [2.05, 4.69) is 15.0 Å². The standard InChI is InChI=1S/C17H19N5O/c1-11-9-18-16(19-11)14-6-4-8-21(14)17(23)13-10-22-12(2)5-3-7-15(22)20-13/h3,5,7,9-10,14H,4,6,8H2,1-2H3,(H,18,19). The molecular formula is C17H19N5O. The quantitative estimate of drug-likeness (QED) is 0.791. The van der Waals surface area contributed by atoms with Crippen LogP contribution in [0.3, 0.4) is 0 Å². The van der Waals surface area contributed by atoms with Gasteiger partial charge in [0.1, 0.15) is 17.2 Å². The third-order valence-corrected chi connectivity index (χ3v) is 4.47. The molecule has 6 nitrogen and oxygen atoms in total. The molecule has 1 unspecified atom stereocenters. The van der Waals surface area contributed by atoms with E-state index in [1.807, 2.05) is 53.7 Å². The summed E-state index contributed by atoms with van der Waals surface area (Å²) in [6.07, 6.45) is 5.56. The van der Waals surface area contributed by atoms with E-state index in [-0.39, 0.29) is 11.9 Å². The summed E-state index contributed by atoms with van der Waals surface area (Å²) in [5.41, 5.74) is 3.38. The molecule has 23 heavy (non-hydrogen) atoms. The maximum Gasteiger partial charge on any atom is 0.274 e. The summed E-state index contributed by atoms with van der Waals surface area (Å²) in [7, 11) is 0. The van der Waals surface area contributed by atoms with E-state index in [1.165, 1.54) is 0 Å². The second kappa shape index (κ2) is 5.22. The Balaban J connectivity index is 1.68. The number of aromatic amines is 1. The lowest BCUT2D eigenvalue weighted by Gasteiger charge is -2.22. The van der Waals surface area contributed by atoms with E-state index in [9.17, 15) is 4.79 Å². The minimum Gasteiger partial charge on any atom is -0.344 e. The molecule has 4 heterocycles. The molecule has 0 radical (unpaired) electrons. The minimum absolute atomic E-state index is 0.0158. The number of fused-ring (bicyclic) bond motifs is 1. The molecule has 1 atom stereocenters. The Morgan fingerprint density at radius 1 is 1.35 bits per heavy atom. The molecule has 1 N–H and O–H groups in total. The number of carbonyl (C=O) groups is 1. The predicted octanol–water partition coefficient (Wildman–Crippen LogP) is 2.65. The van der Waals surface area contributed by atoms with Gasteiger partial charge in [-0.3, -0.25) is 4.79 Å². The third kappa shape index (κ3) is 2.30. The van der Waals surface area contributed by atoms with Gasteiger partial charge in [-0.05, 0) is 38.8 Å². The van der Waals surface area contributed by atoms with Gasteiger partial charge in [0.2, 0.25) is 0 Å². The molecule has 0 aromatic carbocycles. The fraction of sp³-hybridized carbons (Fsp3) is 0.353. The summed E-state index contributed by atoms with van der Waals surface area (Å²) in [5, 5.41) is 0. The number of carbonyl (C=O) groups excluding carboxylic acids is 1. The highest BCUT2D eigenvalue weighted by Gasteiger charge is 2.33. The Labute approximate surface area is 134 Å². The first-order valence-corrected chi connectivity index (χ1v) is 7.90. The van der Waals surface area contributed by atoms with Gasteiger partial charge in [0.05, 0.1) is 6.04 Å². The van der Waals surface area contributed by atoms with Crippen molar-refractivity contribution in [2.75, 3.05) is 6.54 Å². The number of imidazole rings is 2. The molecule has 1 fully saturated rings. The molecule has 118 valence electrons. The molecule has 3 aromatic rings. The van der Waals surface area contributed by atoms with E-state index >= 15 is 0 Å². The number of amides is 1. The molecule has 1 saturated heterocycles. The molecule has 0 bridgehead atoms. The maximum absolute atomic E-state index is 12.9. The summed E-state index contributed by atoms with van der Waals surface area (Å²) in [6.45, 7) is 4.73. The molecule has 3 aromatic heterocycles. The Morgan fingerprint density at radius 3 is 2.96 bits per heavy atom. The van der Waals surface area contributed by atoms with Crippen molar-refractivity contribution in [1.29, 1.82) is 0 Å². The lowest BCUT2D eigenvalue weighted by Crippen LogP contribution is -2.31. The second-order valence-electron chi connectivity index (χ2n) is 6.13. The first-order chi connectivity index (χ1) is 11.1. The number of aromatic nitrogens is 4. The fourth-order valence-electron chi connectivity index (χ4n) is 3.29. The predicted molar refractivity (Wildman–Crippen MR) is 86.3 cm³/mol. The summed E-state index contributed by atoms with van der Waals surface area (Å²) in [4.78, 5) is 27.0. The monoisotopic (exact) mass is 309 g/mol. The molecule has 0 saturated carbocycles. The van der Waals surface area contributed by atoms with Crippen LogP contribution in [0.15, 0.2) is 30.6 Å². The van der Waals surface area contributed by atoms with Crippen LogP contribution in [0.4, 0.5) is 0 Å². The van der Waals surface area contributed by atoms with E-state index in [0.717, 1.165) is 42.2 Å². The zero-order valence-corrected chi connectivity index (χ0v) is 13.3. The Hall–Kier alpha value is -2.63. The van der Waals surface area contributed by atoms with Gasteiger partial charge < -0.3 is 14.3 Å². The number of rotatable bonds is 2. The highest BCUT2D eigenvalue weighted by atomic mass is 16.2. The van der Waals surface area contributed by atoms with Crippen molar-refractivity contribution in [3.05, 3.63) is 53.5 Å². The van der Waals surface area contributed by atoms with Gasteiger partial charge in [-0.25, -0.2) is 9.97 Å². The smallest absolute Gasteiger partial charge is 0.274 e. The van der Waals surface area contributed by atoms with Gasteiger partial charge in [-0.15, -0.1) is 0 Å². The number of hydrogen-bond acceptors (Lipinski definition) is 3. The number of nitrogens with zero attached hydrogens (tertiary/aromatic N) is 4. The minimum atomic E-state index is -0.0235. The molecule has 1 amide bonds. The van der Waals surface area contributed by atoms with Crippen molar-refractivity contribution < 1.29 is 4.79 Å². The zero-order valence-electron chi connectivity index (χ0n) is 13.3.